The fraction of sp³-hybridized carbons (Fsp3) is 0.718. The zero-order chi connectivity index (χ0) is 64.7. The molecule has 0 amide bonds. The number of carbonyl (C=O) groups is 2. The molecule has 5 heteroatoms. The van der Waals surface area contributed by atoms with Crippen molar-refractivity contribution < 1.29 is 24.2 Å². The summed E-state index contributed by atoms with van der Waals surface area (Å²) in [5.74, 6) is -0.592. The van der Waals surface area contributed by atoms with Crippen LogP contribution in [0.3, 0.4) is 0 Å². The molecule has 0 spiro atoms. The minimum atomic E-state index is -0.786. The second kappa shape index (κ2) is 79.3. The number of unbranched alkanes of at least 4 members (excludes halogenated alkanes) is 41. The predicted molar refractivity (Wildman–Crippen MR) is 398 cm³/mol. The van der Waals surface area contributed by atoms with Crippen LogP contribution in [0.25, 0.3) is 0 Å². The van der Waals surface area contributed by atoms with Gasteiger partial charge in [0.15, 0.2) is 6.10 Å². The van der Waals surface area contributed by atoms with E-state index >= 15 is 0 Å². The number of rotatable bonds is 71. The second-order valence-corrected chi connectivity index (χ2v) is 25.7. The third-order valence-corrected chi connectivity index (χ3v) is 16.9. The highest BCUT2D eigenvalue weighted by Crippen LogP contribution is 2.18. The Labute approximate surface area is 559 Å². The standard InChI is InChI=1S/C85H146O5/c1-3-5-7-9-11-13-15-17-19-21-23-25-27-29-31-33-35-37-39-41-42-44-46-48-50-52-54-56-58-60-62-64-66-68-70-72-74-76-78-80-85(88)90-83(81-86)82-89-84(87)79-77-75-73-71-69-67-65-63-61-59-57-55-53-51-49-47-45-43-40-38-36-34-32-30-28-26-24-22-20-18-16-14-12-10-8-6-4-2/h5,7,11,13,17,19,22-25,29,31,35,37,41-42,46,48,52,54,58,60,83,86H,3-4,6,8-10,12,14-16,18,20-21,26-28,30,32-34,36,38-40,43-45,47,49-51,53,55-57,59,61-82H2,1-2H3/b7-5-,13-11-,19-17-,24-22-,25-23-,31-29-,37-35-,42-41-,48-46-,54-52-,60-58-. The van der Waals surface area contributed by atoms with Gasteiger partial charge in [-0.15, -0.1) is 0 Å². The number of esters is 2. The van der Waals surface area contributed by atoms with Crippen LogP contribution in [0, 0.1) is 0 Å². The van der Waals surface area contributed by atoms with E-state index in [-0.39, 0.29) is 25.2 Å². The van der Waals surface area contributed by atoms with E-state index in [4.69, 9.17) is 9.47 Å². The van der Waals surface area contributed by atoms with E-state index in [1.165, 1.54) is 238 Å². The molecule has 0 aliphatic rings. The molecule has 516 valence electrons. The number of ether oxygens (including phenoxy) is 2. The quantitative estimate of drug-likeness (QED) is 0.0373. The Morgan fingerprint density at radius 3 is 0.733 bits per heavy atom. The van der Waals surface area contributed by atoms with Crippen LogP contribution in [0.15, 0.2) is 134 Å². The lowest BCUT2D eigenvalue weighted by atomic mass is 10.0. The van der Waals surface area contributed by atoms with Gasteiger partial charge in [0.1, 0.15) is 6.61 Å². The predicted octanol–water partition coefficient (Wildman–Crippen LogP) is 27.4. The molecule has 5 nitrogen and oxygen atoms in total. The molecular formula is C85H146O5. The summed E-state index contributed by atoms with van der Waals surface area (Å²) in [6, 6.07) is 0. The van der Waals surface area contributed by atoms with E-state index in [0.717, 1.165) is 109 Å². The Bertz CT molecular complexity index is 1800. The van der Waals surface area contributed by atoms with Crippen molar-refractivity contribution in [1.29, 1.82) is 0 Å². The Morgan fingerprint density at radius 1 is 0.267 bits per heavy atom. The third kappa shape index (κ3) is 76.5. The van der Waals surface area contributed by atoms with Crippen molar-refractivity contribution in [2.75, 3.05) is 13.2 Å². The molecule has 0 bridgehead atoms. The van der Waals surface area contributed by atoms with Crippen molar-refractivity contribution in [3.63, 3.8) is 0 Å². The monoisotopic (exact) mass is 1250 g/mol. The smallest absolute Gasteiger partial charge is 0.306 e. The molecule has 0 saturated heterocycles. The molecule has 0 rings (SSSR count). The van der Waals surface area contributed by atoms with E-state index in [9.17, 15) is 14.7 Å². The van der Waals surface area contributed by atoms with Crippen LogP contribution in [0.5, 0.6) is 0 Å². The lowest BCUT2D eigenvalue weighted by molar-refractivity contribution is -0.161. The molecule has 90 heavy (non-hydrogen) atoms. The van der Waals surface area contributed by atoms with Crippen molar-refractivity contribution >= 4 is 11.9 Å². The van der Waals surface area contributed by atoms with Gasteiger partial charge in [-0.05, 0) is 116 Å². The summed E-state index contributed by atoms with van der Waals surface area (Å²) in [7, 11) is 0. The first kappa shape index (κ1) is 86.0. The van der Waals surface area contributed by atoms with E-state index < -0.39 is 6.10 Å². The lowest BCUT2D eigenvalue weighted by Crippen LogP contribution is -2.28. The van der Waals surface area contributed by atoms with Gasteiger partial charge in [-0.3, -0.25) is 9.59 Å². The molecular weight excluding hydrogens is 1100 g/mol. The summed E-state index contributed by atoms with van der Waals surface area (Å²) in [6.07, 6.45) is 118. The Kier molecular flexibility index (Phi) is 75.8. The highest BCUT2D eigenvalue weighted by molar-refractivity contribution is 5.70. The molecule has 1 atom stereocenters. The molecule has 0 fully saturated rings. The number of aliphatic hydroxyl groups is 1. The molecule has 0 aromatic carbocycles. The maximum absolute atomic E-state index is 12.4. The van der Waals surface area contributed by atoms with Gasteiger partial charge in [0.05, 0.1) is 6.61 Å². The van der Waals surface area contributed by atoms with Gasteiger partial charge < -0.3 is 14.6 Å². The Balaban J connectivity index is 3.49. The molecule has 0 aromatic rings. The minimum absolute atomic E-state index is 0.0722. The largest absolute Gasteiger partial charge is 0.462 e. The minimum Gasteiger partial charge on any atom is -0.462 e. The van der Waals surface area contributed by atoms with Crippen LogP contribution >= 0.6 is 0 Å². The Morgan fingerprint density at radius 2 is 0.478 bits per heavy atom. The zero-order valence-corrected chi connectivity index (χ0v) is 59.4. The zero-order valence-electron chi connectivity index (χ0n) is 59.4. The van der Waals surface area contributed by atoms with Crippen molar-refractivity contribution in [1.82, 2.24) is 0 Å². The molecule has 0 heterocycles. The van der Waals surface area contributed by atoms with Crippen molar-refractivity contribution in [3.8, 4) is 0 Å². The van der Waals surface area contributed by atoms with Gasteiger partial charge in [-0.2, -0.15) is 0 Å². The normalized spacial score (nSPS) is 13.0. The van der Waals surface area contributed by atoms with Gasteiger partial charge in [-0.25, -0.2) is 0 Å². The summed E-state index contributed by atoms with van der Waals surface area (Å²) in [5.41, 5.74) is 0. The van der Waals surface area contributed by atoms with Crippen LogP contribution in [-0.4, -0.2) is 36.4 Å². The number of carbonyl (C=O) groups excluding carboxylic acids is 2. The first-order valence-corrected chi connectivity index (χ1v) is 38.7. The second-order valence-electron chi connectivity index (χ2n) is 25.7. The van der Waals surface area contributed by atoms with Gasteiger partial charge in [0.2, 0.25) is 0 Å². The number of allylic oxidation sites excluding steroid dienone is 22. The summed E-state index contributed by atoms with van der Waals surface area (Å²) < 4.78 is 10.8. The van der Waals surface area contributed by atoms with E-state index in [1.807, 2.05) is 0 Å². The highest BCUT2D eigenvalue weighted by Gasteiger charge is 2.16. The molecule has 0 saturated carbocycles. The fourth-order valence-corrected chi connectivity index (χ4v) is 11.2. The van der Waals surface area contributed by atoms with Crippen molar-refractivity contribution in [2.45, 2.75) is 380 Å². The van der Waals surface area contributed by atoms with Crippen LogP contribution < -0.4 is 0 Å². The molecule has 1 N–H and O–H groups in total. The fourth-order valence-electron chi connectivity index (χ4n) is 11.2. The van der Waals surface area contributed by atoms with Crippen LogP contribution in [0.1, 0.15) is 373 Å². The number of aliphatic hydroxyl groups excluding tert-OH is 1. The molecule has 0 aromatic heterocycles. The number of hydrogen-bond donors (Lipinski definition) is 1. The maximum Gasteiger partial charge on any atom is 0.306 e. The molecule has 1 unspecified atom stereocenters. The van der Waals surface area contributed by atoms with Crippen LogP contribution in [0.2, 0.25) is 0 Å². The van der Waals surface area contributed by atoms with E-state index in [1.54, 1.807) is 0 Å². The van der Waals surface area contributed by atoms with E-state index in [2.05, 4.69) is 148 Å². The summed E-state index contributed by atoms with van der Waals surface area (Å²) >= 11 is 0. The molecule has 0 aliphatic carbocycles. The van der Waals surface area contributed by atoms with E-state index in [0.29, 0.717) is 12.8 Å². The average Bonchev–Trinajstić information content (AvgIpc) is 3.59. The Hall–Kier alpha value is -3.96. The first-order chi connectivity index (χ1) is 44.6. The SMILES string of the molecule is CC/C=C\C/C=C\C/C=C\C/C=C\C/C=C\C/C=C\C/C=C\C/C=C\C/C=C\C/C=C\CCCCCCCCCCC(=O)OC(CO)COC(=O)CCCCCCCCCCCCCCCCCCCCCCCCCCC/C=C\CCCCCCCCCC. The van der Waals surface area contributed by atoms with Crippen LogP contribution in [0.4, 0.5) is 0 Å². The molecule has 0 radical (unpaired) electrons. The number of hydrogen-bond acceptors (Lipinski definition) is 5. The van der Waals surface area contributed by atoms with Gasteiger partial charge in [0.25, 0.3) is 0 Å². The summed E-state index contributed by atoms with van der Waals surface area (Å²) in [4.78, 5) is 24.7. The third-order valence-electron chi connectivity index (χ3n) is 16.9. The maximum atomic E-state index is 12.4. The van der Waals surface area contributed by atoms with Crippen molar-refractivity contribution in [2.24, 2.45) is 0 Å². The van der Waals surface area contributed by atoms with Gasteiger partial charge in [0, 0.05) is 12.8 Å². The molecule has 0 aliphatic heterocycles. The van der Waals surface area contributed by atoms with Crippen molar-refractivity contribution in [3.05, 3.63) is 134 Å². The summed E-state index contributed by atoms with van der Waals surface area (Å²) in [5, 5.41) is 9.72. The van der Waals surface area contributed by atoms with Gasteiger partial charge >= 0.3 is 11.9 Å². The topological polar surface area (TPSA) is 72.8 Å². The highest BCUT2D eigenvalue weighted by atomic mass is 16.6. The van der Waals surface area contributed by atoms with Gasteiger partial charge in [-0.1, -0.05) is 379 Å². The first-order valence-electron chi connectivity index (χ1n) is 38.7. The van der Waals surface area contributed by atoms with Crippen LogP contribution in [-0.2, 0) is 19.1 Å². The average molecular weight is 1250 g/mol. The lowest BCUT2D eigenvalue weighted by Gasteiger charge is -2.15. The summed E-state index contributed by atoms with van der Waals surface area (Å²) in [6.45, 7) is 4.05.